The lowest BCUT2D eigenvalue weighted by molar-refractivity contribution is -0.148. The molecule has 0 aromatic rings. The first kappa shape index (κ1) is 11.0. The second-order valence-electron chi connectivity index (χ2n) is 6.23. The van der Waals surface area contributed by atoms with Crippen LogP contribution in [0.4, 0.5) is 0 Å². The van der Waals surface area contributed by atoms with Crippen molar-refractivity contribution in [1.29, 1.82) is 0 Å². The average Bonchev–Trinajstić information content (AvgIpc) is 3.06. The van der Waals surface area contributed by atoms with Crippen LogP contribution in [0.3, 0.4) is 0 Å². The zero-order valence-electron chi connectivity index (χ0n) is 10.0. The van der Waals surface area contributed by atoms with Gasteiger partial charge in [-0.3, -0.25) is 0 Å². The number of ether oxygens (including phenoxy) is 1. The fraction of sp³-hybridized carbons (Fsp3) is 1.00. The van der Waals surface area contributed by atoms with Crippen molar-refractivity contribution in [3.8, 4) is 0 Å². The van der Waals surface area contributed by atoms with Crippen molar-refractivity contribution < 1.29 is 9.84 Å². The van der Waals surface area contributed by atoms with Crippen LogP contribution in [0.5, 0.6) is 0 Å². The summed E-state index contributed by atoms with van der Waals surface area (Å²) in [7, 11) is 0. The highest BCUT2D eigenvalue weighted by atomic mass is 16.5. The molecular formula is C13H23NO2. The SMILES string of the molecule is OCC1(CN(CC2CC2)CC2CC2)COC1. The van der Waals surface area contributed by atoms with E-state index in [2.05, 4.69) is 4.90 Å². The van der Waals surface area contributed by atoms with Crippen LogP contribution in [-0.4, -0.2) is 49.5 Å². The van der Waals surface area contributed by atoms with Gasteiger partial charge in [0.05, 0.1) is 25.2 Å². The first-order valence-corrected chi connectivity index (χ1v) is 6.71. The molecule has 1 N–H and O–H groups in total. The molecule has 3 heteroatoms. The molecule has 0 aromatic carbocycles. The highest BCUT2D eigenvalue weighted by Gasteiger charge is 2.41. The predicted molar refractivity (Wildman–Crippen MR) is 62.2 cm³/mol. The van der Waals surface area contributed by atoms with Crippen LogP contribution in [0, 0.1) is 17.3 Å². The second kappa shape index (κ2) is 4.28. The highest BCUT2D eigenvalue weighted by Crippen LogP contribution is 2.36. The molecule has 0 radical (unpaired) electrons. The average molecular weight is 225 g/mol. The van der Waals surface area contributed by atoms with Gasteiger partial charge in [-0.1, -0.05) is 0 Å². The molecule has 0 bridgehead atoms. The van der Waals surface area contributed by atoms with E-state index in [1.165, 1.54) is 38.8 Å². The molecule has 1 aliphatic heterocycles. The molecule has 3 rings (SSSR count). The van der Waals surface area contributed by atoms with Crippen molar-refractivity contribution >= 4 is 0 Å². The first-order chi connectivity index (χ1) is 7.80. The summed E-state index contributed by atoms with van der Waals surface area (Å²) in [6, 6.07) is 0. The minimum Gasteiger partial charge on any atom is -0.396 e. The molecule has 0 atom stereocenters. The van der Waals surface area contributed by atoms with Crippen LogP contribution in [0.1, 0.15) is 25.7 Å². The Bertz CT molecular complexity index is 225. The van der Waals surface area contributed by atoms with Crippen molar-refractivity contribution in [3.63, 3.8) is 0 Å². The maximum Gasteiger partial charge on any atom is 0.0579 e. The minimum atomic E-state index is 0.0732. The molecule has 1 heterocycles. The van der Waals surface area contributed by atoms with E-state index in [-0.39, 0.29) is 5.41 Å². The molecule has 3 nitrogen and oxygen atoms in total. The van der Waals surface area contributed by atoms with Crippen LogP contribution in [0.15, 0.2) is 0 Å². The van der Waals surface area contributed by atoms with Crippen molar-refractivity contribution in [3.05, 3.63) is 0 Å². The van der Waals surface area contributed by atoms with Gasteiger partial charge in [-0.05, 0) is 37.5 Å². The second-order valence-corrected chi connectivity index (χ2v) is 6.23. The highest BCUT2D eigenvalue weighted by molar-refractivity contribution is 4.91. The van der Waals surface area contributed by atoms with Crippen LogP contribution in [-0.2, 0) is 4.74 Å². The van der Waals surface area contributed by atoms with Gasteiger partial charge in [-0.25, -0.2) is 0 Å². The van der Waals surface area contributed by atoms with Gasteiger partial charge in [0.25, 0.3) is 0 Å². The molecule has 16 heavy (non-hydrogen) atoms. The monoisotopic (exact) mass is 225 g/mol. The molecule has 1 saturated heterocycles. The number of hydrogen-bond acceptors (Lipinski definition) is 3. The molecule has 0 spiro atoms. The Labute approximate surface area is 97.8 Å². The number of nitrogens with zero attached hydrogens (tertiary/aromatic N) is 1. The maximum atomic E-state index is 9.48. The Morgan fingerprint density at radius 1 is 1.06 bits per heavy atom. The van der Waals surface area contributed by atoms with Gasteiger partial charge in [0.2, 0.25) is 0 Å². The minimum absolute atomic E-state index is 0.0732. The van der Waals surface area contributed by atoms with Gasteiger partial charge in [0, 0.05) is 19.6 Å². The van der Waals surface area contributed by atoms with Crippen LogP contribution >= 0.6 is 0 Å². The van der Waals surface area contributed by atoms with E-state index in [9.17, 15) is 5.11 Å². The predicted octanol–water partition coefficient (Wildman–Crippen LogP) is 1.12. The lowest BCUT2D eigenvalue weighted by Gasteiger charge is -2.43. The van der Waals surface area contributed by atoms with E-state index in [1.807, 2.05) is 0 Å². The van der Waals surface area contributed by atoms with Gasteiger partial charge in [-0.15, -0.1) is 0 Å². The summed E-state index contributed by atoms with van der Waals surface area (Å²) in [5, 5.41) is 9.48. The summed E-state index contributed by atoms with van der Waals surface area (Å²) in [6.45, 7) is 5.39. The first-order valence-electron chi connectivity index (χ1n) is 6.71. The van der Waals surface area contributed by atoms with E-state index in [4.69, 9.17) is 4.74 Å². The number of aliphatic hydroxyl groups is 1. The van der Waals surface area contributed by atoms with Crippen molar-refractivity contribution in [2.24, 2.45) is 17.3 Å². The van der Waals surface area contributed by atoms with Gasteiger partial charge in [-0.2, -0.15) is 0 Å². The Kier molecular flexibility index (Phi) is 2.94. The lowest BCUT2D eigenvalue weighted by atomic mass is 9.86. The summed E-state index contributed by atoms with van der Waals surface area (Å²) in [4.78, 5) is 2.61. The molecule has 0 aromatic heterocycles. The Balaban J connectivity index is 1.52. The largest absolute Gasteiger partial charge is 0.396 e. The Morgan fingerprint density at radius 2 is 1.62 bits per heavy atom. The number of hydrogen-bond donors (Lipinski definition) is 1. The van der Waals surface area contributed by atoms with Crippen LogP contribution < -0.4 is 0 Å². The third kappa shape index (κ3) is 2.58. The van der Waals surface area contributed by atoms with Crippen LogP contribution in [0.2, 0.25) is 0 Å². The Hall–Kier alpha value is -0.120. The number of rotatable bonds is 7. The summed E-state index contributed by atoms with van der Waals surface area (Å²) in [6.07, 6.45) is 5.68. The summed E-state index contributed by atoms with van der Waals surface area (Å²) in [5.41, 5.74) is 0.0732. The zero-order valence-corrected chi connectivity index (χ0v) is 10.0. The van der Waals surface area contributed by atoms with E-state index in [0.29, 0.717) is 6.61 Å². The molecule has 2 aliphatic carbocycles. The smallest absolute Gasteiger partial charge is 0.0579 e. The van der Waals surface area contributed by atoms with Crippen molar-refractivity contribution in [2.75, 3.05) is 39.5 Å². The molecule has 3 aliphatic rings. The molecular weight excluding hydrogens is 202 g/mol. The normalized spacial score (nSPS) is 28.1. The van der Waals surface area contributed by atoms with E-state index >= 15 is 0 Å². The molecule has 3 fully saturated rings. The fourth-order valence-electron chi connectivity index (χ4n) is 2.63. The van der Waals surface area contributed by atoms with Crippen molar-refractivity contribution in [1.82, 2.24) is 4.90 Å². The molecule has 92 valence electrons. The maximum absolute atomic E-state index is 9.48. The van der Waals surface area contributed by atoms with Crippen LogP contribution in [0.25, 0.3) is 0 Å². The van der Waals surface area contributed by atoms with Gasteiger partial charge in [0.1, 0.15) is 0 Å². The Morgan fingerprint density at radius 3 is 1.94 bits per heavy atom. The quantitative estimate of drug-likeness (QED) is 0.704. The fourth-order valence-corrected chi connectivity index (χ4v) is 2.63. The molecule has 0 amide bonds. The standard InChI is InChI=1S/C13H23NO2/c15-8-13(9-16-10-13)7-14(5-11-1-2-11)6-12-3-4-12/h11-12,15H,1-10H2. The summed E-state index contributed by atoms with van der Waals surface area (Å²) < 4.78 is 5.28. The van der Waals surface area contributed by atoms with Gasteiger partial charge >= 0.3 is 0 Å². The summed E-state index contributed by atoms with van der Waals surface area (Å²) in [5.74, 6) is 1.91. The third-order valence-corrected chi connectivity index (χ3v) is 4.14. The van der Waals surface area contributed by atoms with E-state index in [1.54, 1.807) is 0 Å². The summed E-state index contributed by atoms with van der Waals surface area (Å²) >= 11 is 0. The van der Waals surface area contributed by atoms with Gasteiger partial charge < -0.3 is 14.7 Å². The zero-order chi connectivity index (χ0) is 11.0. The van der Waals surface area contributed by atoms with Crippen molar-refractivity contribution in [2.45, 2.75) is 25.7 Å². The molecule has 0 unspecified atom stereocenters. The van der Waals surface area contributed by atoms with E-state index in [0.717, 1.165) is 31.6 Å². The van der Waals surface area contributed by atoms with E-state index < -0.39 is 0 Å². The number of aliphatic hydroxyl groups excluding tert-OH is 1. The molecule has 2 saturated carbocycles. The van der Waals surface area contributed by atoms with Gasteiger partial charge in [0.15, 0.2) is 0 Å². The topological polar surface area (TPSA) is 32.7 Å². The third-order valence-electron chi connectivity index (χ3n) is 4.14. The lowest BCUT2D eigenvalue weighted by Crippen LogP contribution is -2.53.